The Kier molecular flexibility index (Phi) is 6.04. The highest BCUT2D eigenvalue weighted by Crippen LogP contribution is 2.35. The van der Waals surface area contributed by atoms with Gasteiger partial charge in [0, 0.05) is 11.7 Å². The monoisotopic (exact) mass is 410 g/mol. The fourth-order valence-electron chi connectivity index (χ4n) is 3.80. The van der Waals surface area contributed by atoms with Crippen molar-refractivity contribution in [3.8, 4) is 11.6 Å². The summed E-state index contributed by atoms with van der Waals surface area (Å²) in [6.07, 6.45) is 7.55. The van der Waals surface area contributed by atoms with E-state index in [0.717, 1.165) is 46.4 Å². The molecule has 1 saturated carbocycles. The zero-order valence-electron chi connectivity index (χ0n) is 16.9. The van der Waals surface area contributed by atoms with E-state index in [1.54, 1.807) is 6.26 Å². The number of hydrogen-bond acceptors (Lipinski definition) is 5. The molecule has 29 heavy (non-hydrogen) atoms. The topological polar surface area (TPSA) is 73.0 Å². The van der Waals surface area contributed by atoms with Crippen LogP contribution in [0.4, 0.5) is 5.69 Å². The Bertz CT molecular complexity index is 975. The number of hydrogen-bond donors (Lipinski definition) is 1. The van der Waals surface area contributed by atoms with Crippen molar-refractivity contribution in [2.45, 2.75) is 57.1 Å². The molecule has 1 aromatic carbocycles. The van der Waals surface area contributed by atoms with E-state index < -0.39 is 0 Å². The number of amides is 1. The third-order valence-electron chi connectivity index (χ3n) is 5.35. The molecule has 0 spiro atoms. The van der Waals surface area contributed by atoms with E-state index in [2.05, 4.69) is 20.1 Å². The average molecular weight is 411 g/mol. The second-order valence-corrected chi connectivity index (χ2v) is 8.54. The molecule has 4 rings (SSSR count). The predicted molar refractivity (Wildman–Crippen MR) is 115 cm³/mol. The normalized spacial score (nSPS) is 14.8. The maximum Gasteiger partial charge on any atom is 0.234 e. The van der Waals surface area contributed by atoms with Gasteiger partial charge in [0.15, 0.2) is 10.9 Å². The summed E-state index contributed by atoms with van der Waals surface area (Å²) < 4.78 is 7.76. The molecule has 1 aliphatic carbocycles. The molecule has 6 nitrogen and oxygen atoms in total. The molecule has 1 fully saturated rings. The number of thioether (sulfide) groups is 1. The lowest BCUT2D eigenvalue weighted by atomic mass is 9.95. The van der Waals surface area contributed by atoms with Gasteiger partial charge >= 0.3 is 0 Å². The number of benzene rings is 1. The van der Waals surface area contributed by atoms with Gasteiger partial charge in [0.05, 0.1) is 12.0 Å². The summed E-state index contributed by atoms with van der Waals surface area (Å²) in [6.45, 7) is 4.02. The van der Waals surface area contributed by atoms with E-state index in [4.69, 9.17) is 4.42 Å². The standard InChI is InChI=1S/C22H26N4O2S/c1-15-10-11-16(2)18(13-15)23-20(27)14-29-22-25-24-21(19-9-6-12-28-19)26(22)17-7-4-3-5-8-17/h6,9-13,17H,3-5,7-8,14H2,1-2H3,(H,23,27). The van der Waals surface area contributed by atoms with Crippen LogP contribution in [-0.4, -0.2) is 26.4 Å². The summed E-state index contributed by atoms with van der Waals surface area (Å²) in [5, 5.41) is 12.6. The quantitative estimate of drug-likeness (QED) is 0.552. The van der Waals surface area contributed by atoms with Gasteiger partial charge in [-0.3, -0.25) is 9.36 Å². The van der Waals surface area contributed by atoms with Gasteiger partial charge in [-0.25, -0.2) is 0 Å². The highest BCUT2D eigenvalue weighted by Gasteiger charge is 2.25. The molecular formula is C22H26N4O2S. The van der Waals surface area contributed by atoms with Gasteiger partial charge in [0.1, 0.15) is 0 Å². The van der Waals surface area contributed by atoms with Crippen molar-refractivity contribution in [1.29, 1.82) is 0 Å². The van der Waals surface area contributed by atoms with Crippen molar-refractivity contribution in [3.05, 3.63) is 47.7 Å². The predicted octanol–water partition coefficient (Wildman–Crippen LogP) is 5.39. The lowest BCUT2D eigenvalue weighted by Crippen LogP contribution is -2.17. The van der Waals surface area contributed by atoms with Crippen molar-refractivity contribution in [3.63, 3.8) is 0 Å². The number of anilines is 1. The molecule has 0 radical (unpaired) electrons. The lowest BCUT2D eigenvalue weighted by Gasteiger charge is -2.25. The zero-order valence-corrected chi connectivity index (χ0v) is 17.7. The molecule has 0 unspecified atom stereocenters. The minimum atomic E-state index is -0.0403. The fourth-order valence-corrected chi connectivity index (χ4v) is 4.61. The van der Waals surface area contributed by atoms with E-state index in [0.29, 0.717) is 6.04 Å². The molecule has 2 aromatic heterocycles. The molecule has 7 heteroatoms. The van der Waals surface area contributed by atoms with Gasteiger partial charge in [0.2, 0.25) is 11.7 Å². The first-order valence-corrected chi connectivity index (χ1v) is 11.1. The Hall–Kier alpha value is -2.54. The Morgan fingerprint density at radius 2 is 2.03 bits per heavy atom. The number of nitrogens with one attached hydrogen (secondary N) is 1. The molecule has 152 valence electrons. The van der Waals surface area contributed by atoms with E-state index in [9.17, 15) is 4.79 Å². The van der Waals surface area contributed by atoms with Gasteiger partial charge in [-0.05, 0) is 56.0 Å². The summed E-state index contributed by atoms with van der Waals surface area (Å²) >= 11 is 1.43. The summed E-state index contributed by atoms with van der Waals surface area (Å²) in [5.41, 5.74) is 3.04. The molecule has 3 aromatic rings. The molecule has 1 N–H and O–H groups in total. The number of nitrogens with zero attached hydrogens (tertiary/aromatic N) is 3. The first-order valence-electron chi connectivity index (χ1n) is 10.1. The van der Waals surface area contributed by atoms with Crippen LogP contribution in [0.1, 0.15) is 49.3 Å². The number of aromatic nitrogens is 3. The van der Waals surface area contributed by atoms with Crippen LogP contribution in [0.5, 0.6) is 0 Å². The average Bonchev–Trinajstić information content (AvgIpc) is 3.39. The van der Waals surface area contributed by atoms with Crippen LogP contribution in [-0.2, 0) is 4.79 Å². The summed E-state index contributed by atoms with van der Waals surface area (Å²) in [5.74, 6) is 1.71. The molecule has 1 amide bonds. The summed E-state index contributed by atoms with van der Waals surface area (Å²) in [6, 6.07) is 10.2. The van der Waals surface area contributed by atoms with Crippen molar-refractivity contribution in [2.75, 3.05) is 11.1 Å². The Balaban J connectivity index is 1.51. The fraction of sp³-hybridized carbons (Fsp3) is 0.409. The highest BCUT2D eigenvalue weighted by molar-refractivity contribution is 7.99. The molecule has 0 atom stereocenters. The van der Waals surface area contributed by atoms with E-state index in [1.165, 1.54) is 31.0 Å². The summed E-state index contributed by atoms with van der Waals surface area (Å²) in [7, 11) is 0. The number of carbonyl (C=O) groups excluding carboxylic acids is 1. The van der Waals surface area contributed by atoms with Crippen LogP contribution < -0.4 is 5.32 Å². The van der Waals surface area contributed by atoms with Gasteiger partial charge in [-0.1, -0.05) is 43.2 Å². The third kappa shape index (κ3) is 4.56. The minimum absolute atomic E-state index is 0.0403. The number of rotatable bonds is 6. The van der Waals surface area contributed by atoms with Gasteiger partial charge < -0.3 is 9.73 Å². The number of aryl methyl sites for hydroxylation is 2. The smallest absolute Gasteiger partial charge is 0.234 e. The van der Waals surface area contributed by atoms with E-state index in [-0.39, 0.29) is 11.7 Å². The second-order valence-electron chi connectivity index (χ2n) is 7.60. The summed E-state index contributed by atoms with van der Waals surface area (Å²) in [4.78, 5) is 12.6. The molecule has 0 saturated heterocycles. The lowest BCUT2D eigenvalue weighted by molar-refractivity contribution is -0.113. The third-order valence-corrected chi connectivity index (χ3v) is 6.29. The molecule has 0 aliphatic heterocycles. The Labute approximate surface area is 175 Å². The Morgan fingerprint density at radius 1 is 1.21 bits per heavy atom. The first kappa shape index (κ1) is 19.8. The highest BCUT2D eigenvalue weighted by atomic mass is 32.2. The molecule has 0 bridgehead atoms. The van der Waals surface area contributed by atoms with Gasteiger partial charge in [-0.2, -0.15) is 0 Å². The van der Waals surface area contributed by atoms with Crippen molar-refractivity contribution < 1.29 is 9.21 Å². The van der Waals surface area contributed by atoms with Crippen molar-refractivity contribution in [2.24, 2.45) is 0 Å². The maximum atomic E-state index is 12.6. The Morgan fingerprint density at radius 3 is 2.79 bits per heavy atom. The molecule has 1 aliphatic rings. The second kappa shape index (κ2) is 8.86. The molecule has 2 heterocycles. The maximum absolute atomic E-state index is 12.6. The van der Waals surface area contributed by atoms with Crippen LogP contribution in [0.2, 0.25) is 0 Å². The SMILES string of the molecule is Cc1ccc(C)c(NC(=O)CSc2nnc(-c3ccco3)n2C2CCCCC2)c1. The largest absolute Gasteiger partial charge is 0.461 e. The van der Waals surface area contributed by atoms with Crippen LogP contribution >= 0.6 is 11.8 Å². The van der Waals surface area contributed by atoms with Crippen molar-refractivity contribution >= 4 is 23.4 Å². The van der Waals surface area contributed by atoms with E-state index in [1.807, 2.05) is 44.2 Å². The first-order chi connectivity index (χ1) is 14.1. The number of carbonyl (C=O) groups is 1. The minimum Gasteiger partial charge on any atom is -0.461 e. The van der Waals surface area contributed by atoms with Gasteiger partial charge in [-0.15, -0.1) is 10.2 Å². The number of furan rings is 1. The molecular weight excluding hydrogens is 384 g/mol. The zero-order chi connectivity index (χ0) is 20.2. The van der Waals surface area contributed by atoms with Crippen LogP contribution in [0.15, 0.2) is 46.2 Å². The van der Waals surface area contributed by atoms with Crippen molar-refractivity contribution in [1.82, 2.24) is 14.8 Å². The van der Waals surface area contributed by atoms with Gasteiger partial charge in [0.25, 0.3) is 0 Å². The van der Waals surface area contributed by atoms with Crippen LogP contribution in [0.3, 0.4) is 0 Å². The van der Waals surface area contributed by atoms with E-state index >= 15 is 0 Å². The van der Waals surface area contributed by atoms with Crippen LogP contribution in [0, 0.1) is 13.8 Å². The van der Waals surface area contributed by atoms with Crippen LogP contribution in [0.25, 0.3) is 11.6 Å².